The topological polar surface area (TPSA) is 66.1 Å². The van der Waals surface area contributed by atoms with Gasteiger partial charge < -0.3 is 13.9 Å². The zero-order chi connectivity index (χ0) is 15.5. The Balaban J connectivity index is 1.97. The summed E-state index contributed by atoms with van der Waals surface area (Å²) in [6.07, 6.45) is 7.05. The molecule has 0 aliphatic carbocycles. The van der Waals surface area contributed by atoms with E-state index in [1.807, 2.05) is 39.6 Å². The third-order valence-electron chi connectivity index (χ3n) is 3.56. The number of aromatic nitrogens is 3. The molecule has 22 heavy (non-hydrogen) atoms. The SMILES string of the molecule is COC(=O)C(=O)c1cn(CCn2ccnc2)c2ccccc12. The molecule has 0 spiro atoms. The Kier molecular flexibility index (Phi) is 3.74. The number of para-hydroxylation sites is 1. The lowest BCUT2D eigenvalue weighted by atomic mass is 10.1. The van der Waals surface area contributed by atoms with E-state index in [0.29, 0.717) is 12.1 Å². The minimum Gasteiger partial charge on any atom is -0.463 e. The Morgan fingerprint density at radius 3 is 2.77 bits per heavy atom. The standard InChI is InChI=1S/C16H15N3O3/c1-22-16(21)15(20)13-10-19(9-8-18-7-6-17-11-18)14-5-3-2-4-12(13)14/h2-7,10-11H,8-9H2,1H3. The van der Waals surface area contributed by atoms with Crippen LogP contribution in [0.25, 0.3) is 10.9 Å². The maximum Gasteiger partial charge on any atom is 0.379 e. The van der Waals surface area contributed by atoms with Gasteiger partial charge in [0.1, 0.15) is 0 Å². The maximum atomic E-state index is 12.1. The fraction of sp³-hybridized carbons (Fsp3) is 0.188. The highest BCUT2D eigenvalue weighted by Crippen LogP contribution is 2.22. The molecular formula is C16H15N3O3. The first-order valence-electron chi connectivity index (χ1n) is 6.87. The number of esters is 1. The van der Waals surface area contributed by atoms with E-state index in [-0.39, 0.29) is 0 Å². The maximum absolute atomic E-state index is 12.1. The first kappa shape index (κ1) is 14.1. The fourth-order valence-corrected chi connectivity index (χ4v) is 2.46. The summed E-state index contributed by atoms with van der Waals surface area (Å²) in [6.45, 7) is 1.40. The van der Waals surface area contributed by atoms with Crippen LogP contribution in [0.1, 0.15) is 10.4 Å². The number of benzene rings is 1. The van der Waals surface area contributed by atoms with E-state index in [9.17, 15) is 9.59 Å². The van der Waals surface area contributed by atoms with Crippen LogP contribution in [0.4, 0.5) is 0 Å². The van der Waals surface area contributed by atoms with E-state index in [0.717, 1.165) is 17.4 Å². The minimum atomic E-state index is -0.850. The molecule has 2 aromatic heterocycles. The van der Waals surface area contributed by atoms with Gasteiger partial charge >= 0.3 is 5.97 Å². The van der Waals surface area contributed by atoms with Crippen LogP contribution in [0.5, 0.6) is 0 Å². The van der Waals surface area contributed by atoms with Gasteiger partial charge in [-0.25, -0.2) is 9.78 Å². The van der Waals surface area contributed by atoms with Gasteiger partial charge in [-0.1, -0.05) is 18.2 Å². The molecule has 0 saturated heterocycles. The van der Waals surface area contributed by atoms with Crippen LogP contribution >= 0.6 is 0 Å². The summed E-state index contributed by atoms with van der Waals surface area (Å²) in [7, 11) is 1.21. The number of methoxy groups -OCH3 is 1. The highest BCUT2D eigenvalue weighted by molar-refractivity contribution is 6.42. The van der Waals surface area contributed by atoms with Crippen LogP contribution in [0.2, 0.25) is 0 Å². The summed E-state index contributed by atoms with van der Waals surface area (Å²) in [6, 6.07) is 7.51. The fourth-order valence-electron chi connectivity index (χ4n) is 2.46. The summed E-state index contributed by atoms with van der Waals surface area (Å²) in [5.74, 6) is -1.47. The van der Waals surface area contributed by atoms with E-state index in [2.05, 4.69) is 9.72 Å². The van der Waals surface area contributed by atoms with Gasteiger partial charge in [-0.3, -0.25) is 4.79 Å². The molecule has 0 saturated carbocycles. The van der Waals surface area contributed by atoms with Crippen LogP contribution < -0.4 is 0 Å². The van der Waals surface area contributed by atoms with Gasteiger partial charge in [0.2, 0.25) is 0 Å². The van der Waals surface area contributed by atoms with E-state index in [4.69, 9.17) is 0 Å². The van der Waals surface area contributed by atoms with E-state index in [1.54, 1.807) is 18.7 Å². The van der Waals surface area contributed by atoms with Gasteiger partial charge in [0.05, 0.1) is 19.0 Å². The highest BCUT2D eigenvalue weighted by atomic mass is 16.5. The first-order valence-corrected chi connectivity index (χ1v) is 6.87. The molecular weight excluding hydrogens is 282 g/mol. The molecule has 0 N–H and O–H groups in total. The Bertz CT molecular complexity index is 818. The molecule has 3 aromatic rings. The smallest absolute Gasteiger partial charge is 0.379 e. The normalized spacial score (nSPS) is 10.8. The third kappa shape index (κ3) is 2.50. The zero-order valence-corrected chi connectivity index (χ0v) is 12.1. The number of hydrogen-bond donors (Lipinski definition) is 0. The van der Waals surface area contributed by atoms with Crippen molar-refractivity contribution >= 4 is 22.7 Å². The van der Waals surface area contributed by atoms with Crippen molar-refractivity contribution in [2.24, 2.45) is 0 Å². The Morgan fingerprint density at radius 2 is 2.05 bits per heavy atom. The van der Waals surface area contributed by atoms with Gasteiger partial charge in [0.25, 0.3) is 5.78 Å². The number of carbonyl (C=O) groups excluding carboxylic acids is 2. The summed E-state index contributed by atoms with van der Waals surface area (Å²) in [4.78, 5) is 27.7. The second-order valence-electron chi connectivity index (χ2n) is 4.87. The second-order valence-corrected chi connectivity index (χ2v) is 4.87. The molecule has 0 aliphatic heterocycles. The molecule has 0 radical (unpaired) electrons. The summed E-state index contributed by atoms with van der Waals surface area (Å²) < 4.78 is 8.45. The molecule has 1 aromatic carbocycles. The monoisotopic (exact) mass is 297 g/mol. The average Bonchev–Trinajstić information content (AvgIpc) is 3.19. The number of ketones is 1. The van der Waals surface area contributed by atoms with Crippen molar-refractivity contribution in [3.8, 4) is 0 Å². The van der Waals surface area contributed by atoms with Crippen LogP contribution in [0, 0.1) is 0 Å². The van der Waals surface area contributed by atoms with Crippen molar-refractivity contribution in [2.75, 3.05) is 7.11 Å². The van der Waals surface area contributed by atoms with Crippen molar-refractivity contribution in [3.63, 3.8) is 0 Å². The number of hydrogen-bond acceptors (Lipinski definition) is 4. The quantitative estimate of drug-likeness (QED) is 0.410. The van der Waals surface area contributed by atoms with Gasteiger partial charge in [-0.15, -0.1) is 0 Å². The predicted octanol–water partition coefficient (Wildman–Crippen LogP) is 1.89. The van der Waals surface area contributed by atoms with Crippen LogP contribution in [0.3, 0.4) is 0 Å². The van der Waals surface area contributed by atoms with Gasteiger partial charge in [0.15, 0.2) is 0 Å². The number of aryl methyl sites for hydroxylation is 2. The number of Topliss-reactive ketones (excluding diaryl/α,β-unsaturated/α-hetero) is 1. The number of fused-ring (bicyclic) bond motifs is 1. The largest absolute Gasteiger partial charge is 0.463 e. The molecule has 0 aliphatic rings. The van der Waals surface area contributed by atoms with Gasteiger partial charge in [-0.2, -0.15) is 0 Å². The van der Waals surface area contributed by atoms with Crippen molar-refractivity contribution in [3.05, 3.63) is 54.7 Å². The summed E-state index contributed by atoms with van der Waals surface area (Å²) in [5, 5.41) is 0.753. The molecule has 0 fully saturated rings. The average molecular weight is 297 g/mol. The van der Waals surface area contributed by atoms with Crippen LogP contribution in [0.15, 0.2) is 49.2 Å². The van der Waals surface area contributed by atoms with Crippen molar-refractivity contribution in [1.29, 1.82) is 0 Å². The number of ether oxygens (including phenoxy) is 1. The number of nitrogens with zero attached hydrogens (tertiary/aromatic N) is 3. The second kappa shape index (κ2) is 5.85. The molecule has 3 rings (SSSR count). The minimum absolute atomic E-state index is 0.369. The van der Waals surface area contributed by atoms with Crippen molar-refractivity contribution < 1.29 is 14.3 Å². The number of imidazole rings is 1. The molecule has 0 amide bonds. The lowest BCUT2D eigenvalue weighted by molar-refractivity contribution is -0.135. The van der Waals surface area contributed by atoms with Gasteiger partial charge in [0, 0.05) is 42.6 Å². The highest BCUT2D eigenvalue weighted by Gasteiger charge is 2.21. The zero-order valence-electron chi connectivity index (χ0n) is 12.1. The molecule has 0 atom stereocenters. The first-order chi connectivity index (χ1) is 10.7. The lowest BCUT2D eigenvalue weighted by Crippen LogP contribution is -2.15. The molecule has 0 unspecified atom stereocenters. The van der Waals surface area contributed by atoms with Crippen molar-refractivity contribution in [1.82, 2.24) is 14.1 Å². The third-order valence-corrected chi connectivity index (χ3v) is 3.56. The van der Waals surface area contributed by atoms with Crippen LogP contribution in [-0.4, -0.2) is 33.0 Å². The Hall–Kier alpha value is -2.89. The Morgan fingerprint density at radius 1 is 1.23 bits per heavy atom. The van der Waals surface area contributed by atoms with E-state index in [1.165, 1.54) is 7.11 Å². The molecule has 6 nitrogen and oxygen atoms in total. The predicted molar refractivity (Wildman–Crippen MR) is 80.5 cm³/mol. The van der Waals surface area contributed by atoms with E-state index >= 15 is 0 Å². The summed E-state index contributed by atoms with van der Waals surface area (Å²) in [5.41, 5.74) is 1.28. The molecule has 6 heteroatoms. The van der Waals surface area contributed by atoms with Gasteiger partial charge in [-0.05, 0) is 6.07 Å². The number of rotatable bonds is 5. The van der Waals surface area contributed by atoms with Crippen molar-refractivity contribution in [2.45, 2.75) is 13.1 Å². The number of carbonyl (C=O) groups is 2. The molecule has 0 bridgehead atoms. The van der Waals surface area contributed by atoms with E-state index < -0.39 is 11.8 Å². The van der Waals surface area contributed by atoms with Crippen LogP contribution in [-0.2, 0) is 22.6 Å². The molecule has 112 valence electrons. The lowest BCUT2D eigenvalue weighted by Gasteiger charge is -2.05. The molecule has 2 heterocycles. The Labute approximate surface area is 126 Å². The summed E-state index contributed by atoms with van der Waals surface area (Å²) >= 11 is 0.